The third-order valence-corrected chi connectivity index (χ3v) is 5.93. The molecule has 0 atom stereocenters. The predicted octanol–water partition coefficient (Wildman–Crippen LogP) is 3.62. The SMILES string of the molecule is COc1ccc(CN(CCCN2CCOCC2)C(=O)c2ccc3ccccc3n2)cc1OC. The number of hydrogen-bond donors (Lipinski definition) is 0. The minimum absolute atomic E-state index is 0.0717. The number of methoxy groups -OCH3 is 2. The van der Waals surface area contributed by atoms with Crippen molar-refractivity contribution in [3.8, 4) is 11.5 Å². The number of ether oxygens (including phenoxy) is 3. The summed E-state index contributed by atoms with van der Waals surface area (Å²) in [5.74, 6) is 1.25. The van der Waals surface area contributed by atoms with Crippen LogP contribution < -0.4 is 9.47 Å². The fraction of sp³-hybridized carbons (Fsp3) is 0.385. The number of para-hydroxylation sites is 1. The van der Waals surface area contributed by atoms with Crippen molar-refractivity contribution in [2.45, 2.75) is 13.0 Å². The monoisotopic (exact) mass is 449 g/mol. The van der Waals surface area contributed by atoms with E-state index in [-0.39, 0.29) is 5.91 Å². The molecule has 1 saturated heterocycles. The summed E-state index contributed by atoms with van der Waals surface area (Å²) in [4.78, 5) is 22.4. The number of benzene rings is 2. The number of carbonyl (C=O) groups excluding carboxylic acids is 1. The van der Waals surface area contributed by atoms with E-state index in [0.717, 1.165) is 55.7 Å². The van der Waals surface area contributed by atoms with E-state index in [0.29, 0.717) is 30.3 Å². The lowest BCUT2D eigenvalue weighted by atomic mass is 10.1. The molecule has 3 aromatic rings. The molecule has 0 bridgehead atoms. The van der Waals surface area contributed by atoms with E-state index in [9.17, 15) is 4.79 Å². The highest BCUT2D eigenvalue weighted by atomic mass is 16.5. The Balaban J connectivity index is 1.53. The molecule has 7 nitrogen and oxygen atoms in total. The number of amides is 1. The number of hydrogen-bond acceptors (Lipinski definition) is 6. The molecule has 1 fully saturated rings. The van der Waals surface area contributed by atoms with Gasteiger partial charge in [-0.05, 0) is 36.2 Å². The first-order valence-corrected chi connectivity index (χ1v) is 11.3. The summed E-state index contributed by atoms with van der Waals surface area (Å²) < 4.78 is 16.2. The van der Waals surface area contributed by atoms with Crippen molar-refractivity contribution in [1.29, 1.82) is 0 Å². The van der Waals surface area contributed by atoms with Gasteiger partial charge in [-0.15, -0.1) is 0 Å². The Morgan fingerprint density at radius 1 is 1.03 bits per heavy atom. The molecule has 1 aromatic heterocycles. The second-order valence-corrected chi connectivity index (χ2v) is 8.11. The topological polar surface area (TPSA) is 64.1 Å². The number of fused-ring (bicyclic) bond motifs is 1. The van der Waals surface area contributed by atoms with E-state index in [1.54, 1.807) is 14.2 Å². The maximum absolute atomic E-state index is 13.5. The average Bonchev–Trinajstić information content (AvgIpc) is 2.88. The van der Waals surface area contributed by atoms with Gasteiger partial charge in [0.15, 0.2) is 11.5 Å². The Labute approximate surface area is 194 Å². The van der Waals surface area contributed by atoms with Crippen LogP contribution in [0, 0.1) is 0 Å². The van der Waals surface area contributed by atoms with Crippen LogP contribution in [0.25, 0.3) is 10.9 Å². The van der Waals surface area contributed by atoms with E-state index in [1.807, 2.05) is 59.5 Å². The highest BCUT2D eigenvalue weighted by Gasteiger charge is 2.20. The summed E-state index contributed by atoms with van der Waals surface area (Å²) in [6.45, 7) is 5.47. The van der Waals surface area contributed by atoms with Gasteiger partial charge in [0.1, 0.15) is 5.69 Å². The molecule has 0 unspecified atom stereocenters. The maximum atomic E-state index is 13.5. The zero-order valence-corrected chi connectivity index (χ0v) is 19.3. The molecule has 0 saturated carbocycles. The molecule has 2 aromatic carbocycles. The lowest BCUT2D eigenvalue weighted by Gasteiger charge is -2.28. The van der Waals surface area contributed by atoms with E-state index >= 15 is 0 Å². The molecule has 33 heavy (non-hydrogen) atoms. The van der Waals surface area contributed by atoms with Gasteiger partial charge in [0.25, 0.3) is 5.91 Å². The predicted molar refractivity (Wildman–Crippen MR) is 128 cm³/mol. The highest BCUT2D eigenvalue weighted by molar-refractivity contribution is 5.94. The third kappa shape index (κ3) is 5.80. The second-order valence-electron chi connectivity index (χ2n) is 8.11. The lowest BCUT2D eigenvalue weighted by Crippen LogP contribution is -2.39. The molecular weight excluding hydrogens is 418 g/mol. The Hall–Kier alpha value is -3.16. The Kier molecular flexibility index (Phi) is 7.75. The van der Waals surface area contributed by atoms with Crippen LogP contribution in [-0.2, 0) is 11.3 Å². The number of carbonyl (C=O) groups is 1. The van der Waals surface area contributed by atoms with E-state index < -0.39 is 0 Å². The van der Waals surface area contributed by atoms with Gasteiger partial charge in [0, 0.05) is 38.1 Å². The number of aromatic nitrogens is 1. The number of rotatable bonds is 9. The zero-order chi connectivity index (χ0) is 23.0. The van der Waals surface area contributed by atoms with Crippen LogP contribution in [0.1, 0.15) is 22.5 Å². The van der Waals surface area contributed by atoms with Crippen LogP contribution in [-0.4, -0.2) is 74.3 Å². The van der Waals surface area contributed by atoms with Gasteiger partial charge in [-0.2, -0.15) is 0 Å². The minimum Gasteiger partial charge on any atom is -0.493 e. The van der Waals surface area contributed by atoms with Gasteiger partial charge < -0.3 is 19.1 Å². The van der Waals surface area contributed by atoms with Crippen molar-refractivity contribution in [2.24, 2.45) is 0 Å². The second kappa shape index (κ2) is 11.1. The molecule has 2 heterocycles. The van der Waals surface area contributed by atoms with Crippen molar-refractivity contribution in [2.75, 3.05) is 53.6 Å². The molecule has 1 aliphatic rings. The molecule has 1 amide bonds. The molecule has 0 N–H and O–H groups in total. The summed E-state index contributed by atoms with van der Waals surface area (Å²) in [6.07, 6.45) is 0.882. The largest absolute Gasteiger partial charge is 0.493 e. The number of pyridine rings is 1. The molecule has 0 spiro atoms. The first-order chi connectivity index (χ1) is 16.2. The normalized spacial score (nSPS) is 14.2. The molecule has 0 radical (unpaired) electrons. The molecular formula is C26H31N3O4. The summed E-state index contributed by atoms with van der Waals surface area (Å²) >= 11 is 0. The van der Waals surface area contributed by atoms with Crippen molar-refractivity contribution in [1.82, 2.24) is 14.8 Å². The van der Waals surface area contributed by atoms with Crippen LogP contribution in [0.15, 0.2) is 54.6 Å². The quantitative estimate of drug-likeness (QED) is 0.497. The molecule has 0 aliphatic carbocycles. The standard InChI is InChI=1S/C26H31N3O4/c1-31-24-11-8-20(18-25(24)32-2)19-29(13-5-12-28-14-16-33-17-15-28)26(30)23-10-9-21-6-3-4-7-22(21)27-23/h3-4,6-11,18H,5,12-17,19H2,1-2H3. The average molecular weight is 450 g/mol. The first-order valence-electron chi connectivity index (χ1n) is 11.3. The number of nitrogens with zero attached hydrogens (tertiary/aromatic N) is 3. The Morgan fingerprint density at radius 3 is 2.61 bits per heavy atom. The Bertz CT molecular complexity index is 1080. The van der Waals surface area contributed by atoms with Gasteiger partial charge in [0.2, 0.25) is 0 Å². The molecule has 1 aliphatic heterocycles. The fourth-order valence-corrected chi connectivity index (χ4v) is 4.11. The smallest absolute Gasteiger partial charge is 0.272 e. The van der Waals surface area contributed by atoms with Gasteiger partial charge in [0.05, 0.1) is 33.0 Å². The van der Waals surface area contributed by atoms with Crippen molar-refractivity contribution in [3.05, 3.63) is 65.9 Å². The van der Waals surface area contributed by atoms with Crippen molar-refractivity contribution >= 4 is 16.8 Å². The van der Waals surface area contributed by atoms with Crippen molar-refractivity contribution < 1.29 is 19.0 Å². The molecule has 7 heteroatoms. The fourth-order valence-electron chi connectivity index (χ4n) is 4.11. The van der Waals surface area contributed by atoms with Gasteiger partial charge in [-0.25, -0.2) is 4.98 Å². The summed E-state index contributed by atoms with van der Waals surface area (Å²) in [7, 11) is 3.23. The molecule has 174 valence electrons. The van der Waals surface area contributed by atoms with Gasteiger partial charge in [-0.1, -0.05) is 30.3 Å². The number of morpholine rings is 1. The van der Waals surface area contributed by atoms with Crippen LogP contribution in [0.5, 0.6) is 11.5 Å². The highest BCUT2D eigenvalue weighted by Crippen LogP contribution is 2.28. The maximum Gasteiger partial charge on any atom is 0.272 e. The van der Waals surface area contributed by atoms with Crippen LogP contribution >= 0.6 is 0 Å². The van der Waals surface area contributed by atoms with E-state index in [1.165, 1.54) is 0 Å². The summed E-state index contributed by atoms with van der Waals surface area (Å²) in [5, 5.41) is 1.02. The Morgan fingerprint density at radius 2 is 1.82 bits per heavy atom. The summed E-state index contributed by atoms with van der Waals surface area (Å²) in [6, 6.07) is 17.4. The van der Waals surface area contributed by atoms with Gasteiger partial charge >= 0.3 is 0 Å². The lowest BCUT2D eigenvalue weighted by molar-refractivity contribution is 0.0355. The van der Waals surface area contributed by atoms with E-state index in [2.05, 4.69) is 9.88 Å². The third-order valence-electron chi connectivity index (χ3n) is 5.93. The zero-order valence-electron chi connectivity index (χ0n) is 19.3. The van der Waals surface area contributed by atoms with Gasteiger partial charge in [-0.3, -0.25) is 9.69 Å². The van der Waals surface area contributed by atoms with Crippen LogP contribution in [0.4, 0.5) is 0 Å². The first kappa shape index (κ1) is 23.0. The minimum atomic E-state index is -0.0717. The molecule has 4 rings (SSSR count). The van der Waals surface area contributed by atoms with E-state index in [4.69, 9.17) is 14.2 Å². The van der Waals surface area contributed by atoms with Crippen molar-refractivity contribution in [3.63, 3.8) is 0 Å². The van der Waals surface area contributed by atoms with Crippen LogP contribution in [0.3, 0.4) is 0 Å². The van der Waals surface area contributed by atoms with Crippen LogP contribution in [0.2, 0.25) is 0 Å². The summed E-state index contributed by atoms with van der Waals surface area (Å²) in [5.41, 5.74) is 2.26.